The third-order valence-corrected chi connectivity index (χ3v) is 1.72. The van der Waals surface area contributed by atoms with Gasteiger partial charge in [-0.2, -0.15) is 0 Å². The maximum atomic E-state index is 8.40. The van der Waals surface area contributed by atoms with E-state index in [1.165, 1.54) is 11.8 Å². The number of nitrogens with zero attached hydrogens (tertiary/aromatic N) is 1. The zero-order chi connectivity index (χ0) is 6.53. The molecule has 0 aromatic heterocycles. The van der Waals surface area contributed by atoms with E-state index in [9.17, 15) is 0 Å². The average Bonchev–Trinajstić information content (AvgIpc) is 2.34. The second kappa shape index (κ2) is 3.71. The molecule has 1 aliphatic heterocycles. The topological polar surface area (TPSA) is 56.7 Å². The monoisotopic (exact) mass is 147 g/mol. The van der Waals surface area contributed by atoms with Gasteiger partial charge in [0.1, 0.15) is 6.67 Å². The molecule has 52 valence electrons. The lowest BCUT2D eigenvalue weighted by Crippen LogP contribution is -2.28. The van der Waals surface area contributed by atoms with Crippen molar-refractivity contribution in [2.75, 3.05) is 19.0 Å². The summed E-state index contributed by atoms with van der Waals surface area (Å²) >= 11 is 1.51. The molecule has 0 radical (unpaired) electrons. The largest absolute Gasteiger partial charge is 0.396 e. The van der Waals surface area contributed by atoms with E-state index in [1.807, 2.05) is 0 Å². The van der Waals surface area contributed by atoms with Crippen LogP contribution < -0.4 is 10.9 Å². The van der Waals surface area contributed by atoms with Crippen LogP contribution in [0.15, 0.2) is 4.99 Å². The minimum absolute atomic E-state index is 0.200. The second-order valence-electron chi connectivity index (χ2n) is 1.50. The highest BCUT2D eigenvalue weighted by atomic mass is 32.2. The summed E-state index contributed by atoms with van der Waals surface area (Å²) in [4.78, 5) is 4.02. The van der Waals surface area contributed by atoms with Crippen molar-refractivity contribution in [2.24, 2.45) is 4.99 Å². The summed E-state index contributed by atoms with van der Waals surface area (Å²) in [5.74, 6) is 0.702. The quantitative estimate of drug-likeness (QED) is 0.475. The first-order valence-corrected chi connectivity index (χ1v) is 3.69. The van der Waals surface area contributed by atoms with Gasteiger partial charge in [-0.25, -0.2) is 10.4 Å². The zero-order valence-corrected chi connectivity index (χ0v) is 5.74. The fraction of sp³-hybridized carbons (Fsp3) is 0.750. The van der Waals surface area contributed by atoms with Crippen LogP contribution >= 0.6 is 11.8 Å². The zero-order valence-electron chi connectivity index (χ0n) is 4.92. The smallest absolute Gasteiger partial charge is 0.172 e. The summed E-state index contributed by atoms with van der Waals surface area (Å²) in [7, 11) is 0. The Balaban J connectivity index is 2.11. The van der Waals surface area contributed by atoms with Crippen LogP contribution in [0.2, 0.25) is 0 Å². The molecule has 1 rings (SSSR count). The molecule has 0 bridgehead atoms. The number of aliphatic hydroxyl groups excluding tert-OH is 1. The summed E-state index contributed by atoms with van der Waals surface area (Å²) in [6.45, 7) is 0.832. The second-order valence-corrected chi connectivity index (χ2v) is 2.58. The first-order valence-electron chi connectivity index (χ1n) is 2.70. The molecular weight excluding hydrogens is 138 g/mol. The van der Waals surface area contributed by atoms with Gasteiger partial charge in [-0.3, -0.25) is 5.43 Å². The molecule has 9 heavy (non-hydrogen) atoms. The summed E-state index contributed by atoms with van der Waals surface area (Å²) < 4.78 is 0. The lowest BCUT2D eigenvalue weighted by Gasteiger charge is -1.97. The predicted molar refractivity (Wildman–Crippen MR) is 38.1 cm³/mol. The third kappa shape index (κ3) is 2.21. The highest BCUT2D eigenvalue weighted by molar-refractivity contribution is 8.13. The molecule has 4 nitrogen and oxygen atoms in total. The summed E-state index contributed by atoms with van der Waals surface area (Å²) in [5, 5.41) is 9.27. The van der Waals surface area contributed by atoms with Crippen LogP contribution in [0.4, 0.5) is 0 Å². The Morgan fingerprint density at radius 1 is 1.78 bits per heavy atom. The molecule has 5 heteroatoms. The Morgan fingerprint density at radius 2 is 2.67 bits per heavy atom. The number of hydrazine groups is 1. The van der Waals surface area contributed by atoms with Gasteiger partial charge in [0.25, 0.3) is 0 Å². The molecule has 0 atom stereocenters. The van der Waals surface area contributed by atoms with Crippen molar-refractivity contribution < 1.29 is 5.11 Å². The number of hydrogen-bond donors (Lipinski definition) is 3. The van der Waals surface area contributed by atoms with E-state index in [0.29, 0.717) is 12.4 Å². The van der Waals surface area contributed by atoms with Crippen LogP contribution in [0.25, 0.3) is 0 Å². The van der Waals surface area contributed by atoms with Crippen LogP contribution in [0.1, 0.15) is 0 Å². The van der Waals surface area contributed by atoms with Gasteiger partial charge in [0.05, 0.1) is 6.61 Å². The number of aliphatic imine (C=N–C) groups is 1. The first-order chi connectivity index (χ1) is 4.43. The minimum atomic E-state index is 0.200. The molecular formula is C4H9N3OS. The third-order valence-electron chi connectivity index (χ3n) is 0.827. The lowest BCUT2D eigenvalue weighted by molar-refractivity contribution is 0.323. The molecule has 0 aliphatic carbocycles. The molecule has 0 saturated heterocycles. The molecule has 1 aliphatic rings. The molecule has 1 heterocycles. The van der Waals surface area contributed by atoms with Crippen molar-refractivity contribution >= 4 is 16.9 Å². The lowest BCUT2D eigenvalue weighted by atomic mass is 10.9. The number of hydrogen-bond acceptors (Lipinski definition) is 5. The summed E-state index contributed by atoms with van der Waals surface area (Å²) in [6, 6.07) is 0. The van der Waals surface area contributed by atoms with Crippen molar-refractivity contribution in [3.05, 3.63) is 0 Å². The first kappa shape index (κ1) is 6.85. The van der Waals surface area contributed by atoms with Crippen molar-refractivity contribution in [1.29, 1.82) is 0 Å². The molecule has 0 unspecified atom stereocenters. The standard InChI is InChI=1S/C4H9N3OS/c8-1-2-9-4-5-3-6-7-4/h6,8H,1-3H2,(H,5,7). The van der Waals surface area contributed by atoms with E-state index in [-0.39, 0.29) is 6.61 Å². The van der Waals surface area contributed by atoms with Gasteiger partial charge in [-0.1, -0.05) is 11.8 Å². The predicted octanol–water partition coefficient (Wildman–Crippen LogP) is -0.867. The number of nitrogens with one attached hydrogen (secondary N) is 2. The van der Waals surface area contributed by atoms with Crippen molar-refractivity contribution in [3.63, 3.8) is 0 Å². The molecule has 0 spiro atoms. The van der Waals surface area contributed by atoms with Crippen molar-refractivity contribution in [3.8, 4) is 0 Å². The molecule has 0 saturated carbocycles. The average molecular weight is 147 g/mol. The Labute approximate surface area is 57.7 Å². The SMILES string of the molecule is OCCSC1=NCNN1. The molecule has 0 amide bonds. The number of amidine groups is 1. The van der Waals surface area contributed by atoms with Crippen LogP contribution in [0, 0.1) is 0 Å². The number of aliphatic hydroxyl groups is 1. The van der Waals surface area contributed by atoms with Gasteiger partial charge in [0, 0.05) is 5.75 Å². The maximum absolute atomic E-state index is 8.40. The van der Waals surface area contributed by atoms with Gasteiger partial charge in [0.2, 0.25) is 0 Å². The number of rotatable bonds is 2. The molecule has 0 aromatic rings. The van der Waals surface area contributed by atoms with Crippen LogP contribution in [0.3, 0.4) is 0 Å². The maximum Gasteiger partial charge on any atom is 0.172 e. The molecule has 3 N–H and O–H groups in total. The Hall–Kier alpha value is -0.260. The van der Waals surface area contributed by atoms with Crippen molar-refractivity contribution in [2.45, 2.75) is 0 Å². The fourth-order valence-electron chi connectivity index (χ4n) is 0.490. The van der Waals surface area contributed by atoms with Crippen molar-refractivity contribution in [1.82, 2.24) is 10.9 Å². The van der Waals surface area contributed by atoms with Crippen LogP contribution in [-0.4, -0.2) is 29.3 Å². The van der Waals surface area contributed by atoms with Gasteiger partial charge in [-0.05, 0) is 0 Å². The Bertz CT molecular complexity index is 116. The Kier molecular flexibility index (Phi) is 2.82. The van der Waals surface area contributed by atoms with Gasteiger partial charge in [-0.15, -0.1) is 0 Å². The van der Waals surface area contributed by atoms with E-state index in [4.69, 9.17) is 5.11 Å². The highest BCUT2D eigenvalue weighted by Gasteiger charge is 2.02. The van der Waals surface area contributed by atoms with Crippen LogP contribution in [0.5, 0.6) is 0 Å². The normalized spacial score (nSPS) is 17.2. The Morgan fingerprint density at radius 3 is 3.22 bits per heavy atom. The van der Waals surface area contributed by atoms with Gasteiger partial charge in [0.15, 0.2) is 5.17 Å². The van der Waals surface area contributed by atoms with E-state index in [1.54, 1.807) is 0 Å². The summed E-state index contributed by atoms with van der Waals surface area (Å²) in [6.07, 6.45) is 0. The van der Waals surface area contributed by atoms with E-state index < -0.39 is 0 Å². The van der Waals surface area contributed by atoms with Gasteiger partial charge < -0.3 is 5.11 Å². The molecule has 0 aromatic carbocycles. The minimum Gasteiger partial charge on any atom is -0.396 e. The summed E-state index contributed by atoms with van der Waals surface area (Å²) in [5.41, 5.74) is 5.67. The number of thioether (sulfide) groups is 1. The molecule has 0 fully saturated rings. The van der Waals surface area contributed by atoms with E-state index in [2.05, 4.69) is 15.8 Å². The highest BCUT2D eigenvalue weighted by Crippen LogP contribution is 2.01. The van der Waals surface area contributed by atoms with Gasteiger partial charge >= 0.3 is 0 Å². The van der Waals surface area contributed by atoms with E-state index >= 15 is 0 Å². The van der Waals surface area contributed by atoms with Crippen LogP contribution in [-0.2, 0) is 0 Å². The fourth-order valence-corrected chi connectivity index (χ4v) is 1.07. The van der Waals surface area contributed by atoms with E-state index in [0.717, 1.165) is 5.17 Å².